The van der Waals surface area contributed by atoms with Gasteiger partial charge in [0.1, 0.15) is 5.75 Å². The molecule has 0 saturated carbocycles. The highest BCUT2D eigenvalue weighted by atomic mass is 32.2. The first-order chi connectivity index (χ1) is 13.0. The molecule has 28 heavy (non-hydrogen) atoms. The maximum absolute atomic E-state index is 12.2. The van der Waals surface area contributed by atoms with E-state index in [-0.39, 0.29) is 18.3 Å². The van der Waals surface area contributed by atoms with Crippen LogP contribution in [0, 0.1) is 5.92 Å². The zero-order valence-electron chi connectivity index (χ0n) is 18.4. The first-order valence-electron chi connectivity index (χ1n) is 9.96. The van der Waals surface area contributed by atoms with E-state index in [0.29, 0.717) is 25.0 Å². The third kappa shape index (κ3) is 8.09. The summed E-state index contributed by atoms with van der Waals surface area (Å²) in [5.41, 5.74) is 1.10. The van der Waals surface area contributed by atoms with E-state index in [1.807, 2.05) is 38.1 Å². The van der Waals surface area contributed by atoms with Gasteiger partial charge in [0.2, 0.25) is 0 Å². The molecule has 1 aromatic rings. The van der Waals surface area contributed by atoms with Gasteiger partial charge in [0, 0.05) is 6.54 Å². The summed E-state index contributed by atoms with van der Waals surface area (Å²) < 4.78 is 29.4. The molecule has 0 aliphatic heterocycles. The van der Waals surface area contributed by atoms with Crippen LogP contribution in [0.2, 0.25) is 0 Å². The lowest BCUT2D eigenvalue weighted by molar-refractivity contribution is 0.271. The summed E-state index contributed by atoms with van der Waals surface area (Å²) in [6, 6.07) is 8.02. The molecular weight excluding hydrogens is 374 g/mol. The van der Waals surface area contributed by atoms with E-state index < -0.39 is 14.6 Å². The molecule has 1 unspecified atom stereocenters. The Balaban J connectivity index is 2.72. The summed E-state index contributed by atoms with van der Waals surface area (Å²) in [4.78, 5) is 4.43. The van der Waals surface area contributed by atoms with Crippen LogP contribution < -0.4 is 15.4 Å². The van der Waals surface area contributed by atoms with E-state index in [2.05, 4.69) is 29.5 Å². The van der Waals surface area contributed by atoms with Crippen molar-refractivity contribution in [2.45, 2.75) is 59.3 Å². The van der Waals surface area contributed by atoms with Crippen molar-refractivity contribution in [2.24, 2.45) is 10.9 Å². The second kappa shape index (κ2) is 10.7. The Labute approximate surface area is 171 Å². The van der Waals surface area contributed by atoms with E-state index in [9.17, 15) is 8.42 Å². The molecule has 0 fully saturated rings. The minimum absolute atomic E-state index is 0.0242. The van der Waals surface area contributed by atoms with Crippen LogP contribution in [0.5, 0.6) is 5.75 Å². The number of hydrogen-bond acceptors (Lipinski definition) is 4. The van der Waals surface area contributed by atoms with Crippen LogP contribution >= 0.6 is 0 Å². The van der Waals surface area contributed by atoms with Crippen molar-refractivity contribution in [3.05, 3.63) is 29.8 Å². The lowest BCUT2D eigenvalue weighted by Crippen LogP contribution is -2.39. The zero-order valence-corrected chi connectivity index (χ0v) is 19.2. The van der Waals surface area contributed by atoms with E-state index in [0.717, 1.165) is 11.3 Å². The Bertz CT molecular complexity index is 720. The predicted octanol–water partition coefficient (Wildman–Crippen LogP) is 3.55. The summed E-state index contributed by atoms with van der Waals surface area (Å²) in [5.74, 6) is 1.99. The highest BCUT2D eigenvalue weighted by Gasteiger charge is 2.28. The Morgan fingerprint density at radius 2 is 1.75 bits per heavy atom. The van der Waals surface area contributed by atoms with Gasteiger partial charge in [-0.25, -0.2) is 8.42 Å². The van der Waals surface area contributed by atoms with Gasteiger partial charge in [-0.2, -0.15) is 0 Å². The van der Waals surface area contributed by atoms with Crippen molar-refractivity contribution < 1.29 is 13.2 Å². The smallest absolute Gasteiger partial charge is 0.191 e. The molecule has 0 aliphatic carbocycles. The van der Waals surface area contributed by atoms with E-state index in [1.54, 1.807) is 20.8 Å². The lowest BCUT2D eigenvalue weighted by atomic mass is 10.1. The number of nitrogens with one attached hydrogen (secondary N) is 2. The Kier molecular flexibility index (Phi) is 9.27. The summed E-state index contributed by atoms with van der Waals surface area (Å²) in [5, 5.41) is 6.50. The van der Waals surface area contributed by atoms with Crippen LogP contribution in [0.15, 0.2) is 29.3 Å². The standard InChI is InChI=1S/C21H37N3O3S/c1-8-22-20(23-13-14-28(25,26)21(5,6)7)24-17(4)18-9-11-19(12-10-18)27-15-16(2)3/h9-12,16-17H,8,13-15H2,1-7H3,(H2,22,23,24). The van der Waals surface area contributed by atoms with Gasteiger partial charge in [-0.05, 0) is 58.2 Å². The highest BCUT2D eigenvalue weighted by molar-refractivity contribution is 7.92. The van der Waals surface area contributed by atoms with E-state index in [1.165, 1.54) is 0 Å². The van der Waals surface area contributed by atoms with Crippen molar-refractivity contribution in [3.63, 3.8) is 0 Å². The fourth-order valence-corrected chi connectivity index (χ4v) is 3.25. The molecule has 0 aliphatic rings. The van der Waals surface area contributed by atoms with Crippen LogP contribution in [-0.4, -0.2) is 44.6 Å². The minimum atomic E-state index is -3.18. The second-order valence-electron chi connectivity index (χ2n) is 8.33. The molecule has 1 aromatic carbocycles. The van der Waals surface area contributed by atoms with Crippen LogP contribution in [0.1, 0.15) is 60.1 Å². The van der Waals surface area contributed by atoms with Crippen molar-refractivity contribution >= 4 is 15.8 Å². The quantitative estimate of drug-likeness (QED) is 0.480. The van der Waals surface area contributed by atoms with Crippen LogP contribution in [0.3, 0.4) is 0 Å². The molecule has 160 valence electrons. The van der Waals surface area contributed by atoms with Crippen molar-refractivity contribution in [2.75, 3.05) is 25.4 Å². The SMILES string of the molecule is CCNC(=NCCS(=O)(=O)C(C)(C)C)NC(C)c1ccc(OCC(C)C)cc1. The fourth-order valence-electron chi connectivity index (χ4n) is 2.31. The number of guanidine groups is 1. The third-order valence-electron chi connectivity index (χ3n) is 4.22. The monoisotopic (exact) mass is 411 g/mol. The van der Waals surface area contributed by atoms with Gasteiger partial charge in [0.05, 0.1) is 29.7 Å². The topological polar surface area (TPSA) is 79.8 Å². The molecule has 0 amide bonds. The summed E-state index contributed by atoms with van der Waals surface area (Å²) in [6.45, 7) is 15.0. The molecule has 0 aromatic heterocycles. The molecule has 0 spiro atoms. The van der Waals surface area contributed by atoms with Gasteiger partial charge in [-0.3, -0.25) is 4.99 Å². The molecule has 2 N–H and O–H groups in total. The molecule has 0 bridgehead atoms. The van der Waals surface area contributed by atoms with Crippen molar-refractivity contribution in [1.29, 1.82) is 0 Å². The molecule has 0 saturated heterocycles. The van der Waals surface area contributed by atoms with Gasteiger partial charge in [-0.15, -0.1) is 0 Å². The molecule has 0 radical (unpaired) electrons. The predicted molar refractivity (Wildman–Crippen MR) is 118 cm³/mol. The van der Waals surface area contributed by atoms with Gasteiger partial charge in [0.25, 0.3) is 0 Å². The largest absolute Gasteiger partial charge is 0.493 e. The molecular formula is C21H37N3O3S. The first-order valence-corrected chi connectivity index (χ1v) is 11.6. The molecule has 6 nitrogen and oxygen atoms in total. The van der Waals surface area contributed by atoms with Gasteiger partial charge < -0.3 is 15.4 Å². The number of hydrogen-bond donors (Lipinski definition) is 2. The lowest BCUT2D eigenvalue weighted by Gasteiger charge is -2.20. The van der Waals surface area contributed by atoms with Crippen LogP contribution in [0.4, 0.5) is 0 Å². The van der Waals surface area contributed by atoms with E-state index in [4.69, 9.17) is 4.74 Å². The average molecular weight is 412 g/mol. The number of rotatable bonds is 9. The maximum Gasteiger partial charge on any atom is 0.191 e. The van der Waals surface area contributed by atoms with Crippen molar-refractivity contribution in [3.8, 4) is 5.75 Å². The van der Waals surface area contributed by atoms with E-state index >= 15 is 0 Å². The van der Waals surface area contributed by atoms with Crippen LogP contribution in [-0.2, 0) is 9.84 Å². The van der Waals surface area contributed by atoms with Crippen molar-refractivity contribution in [1.82, 2.24) is 10.6 Å². The normalized spacial score (nSPS) is 14.1. The Hall–Kier alpha value is -1.76. The summed E-state index contributed by atoms with van der Waals surface area (Å²) in [7, 11) is -3.18. The molecule has 1 rings (SSSR count). The molecule has 7 heteroatoms. The molecule has 0 heterocycles. The Morgan fingerprint density at radius 3 is 2.25 bits per heavy atom. The number of benzene rings is 1. The third-order valence-corrected chi connectivity index (χ3v) is 6.81. The van der Waals surface area contributed by atoms with Gasteiger partial charge in [0.15, 0.2) is 15.8 Å². The number of sulfone groups is 1. The minimum Gasteiger partial charge on any atom is -0.493 e. The highest BCUT2D eigenvalue weighted by Crippen LogP contribution is 2.18. The number of nitrogens with zero attached hydrogens (tertiary/aromatic N) is 1. The first kappa shape index (κ1) is 24.3. The maximum atomic E-state index is 12.2. The number of aliphatic imine (C=N–C) groups is 1. The average Bonchev–Trinajstić information content (AvgIpc) is 2.59. The Morgan fingerprint density at radius 1 is 1.14 bits per heavy atom. The van der Waals surface area contributed by atoms with Gasteiger partial charge in [-0.1, -0.05) is 26.0 Å². The number of ether oxygens (including phenoxy) is 1. The summed E-state index contributed by atoms with van der Waals surface area (Å²) >= 11 is 0. The zero-order chi connectivity index (χ0) is 21.4. The van der Waals surface area contributed by atoms with Crippen LogP contribution in [0.25, 0.3) is 0 Å². The van der Waals surface area contributed by atoms with Gasteiger partial charge >= 0.3 is 0 Å². The molecule has 1 atom stereocenters. The second-order valence-corrected chi connectivity index (χ2v) is 11.2. The fraction of sp³-hybridized carbons (Fsp3) is 0.667. The summed E-state index contributed by atoms with van der Waals surface area (Å²) in [6.07, 6.45) is 0.